The molecule has 0 aliphatic carbocycles. The third-order valence-corrected chi connectivity index (χ3v) is 4.58. The van der Waals surface area contributed by atoms with Crippen molar-refractivity contribution < 1.29 is 17.9 Å². The van der Waals surface area contributed by atoms with E-state index in [-0.39, 0.29) is 16.9 Å². The van der Waals surface area contributed by atoms with Crippen LogP contribution in [0.3, 0.4) is 0 Å². The number of ether oxygens (including phenoxy) is 1. The molecule has 0 spiro atoms. The fourth-order valence-corrected chi connectivity index (χ4v) is 2.99. The van der Waals surface area contributed by atoms with Crippen LogP contribution in [0.2, 0.25) is 0 Å². The van der Waals surface area contributed by atoms with E-state index in [0.717, 1.165) is 17.7 Å². The first-order valence-electron chi connectivity index (χ1n) is 7.09. The highest BCUT2D eigenvalue weighted by atomic mass is 32.2. The second kappa shape index (κ2) is 6.02. The maximum atomic E-state index is 12.1. The largest absolute Gasteiger partial charge is 0.488 e. The van der Waals surface area contributed by atoms with Gasteiger partial charge in [0, 0.05) is 12.0 Å². The number of hydrogen-bond acceptors (Lipinski definition) is 4. The van der Waals surface area contributed by atoms with Crippen LogP contribution in [0.1, 0.15) is 15.9 Å². The molecule has 7 heteroatoms. The Morgan fingerprint density at radius 1 is 1.17 bits per heavy atom. The van der Waals surface area contributed by atoms with Crippen molar-refractivity contribution in [1.29, 1.82) is 0 Å². The first kappa shape index (κ1) is 15.5. The SMILES string of the molecule is NS(=O)(=O)c1ccc(C(=O)NCC2Cc3ccccc3O2)cc1. The van der Waals surface area contributed by atoms with Crippen LogP contribution in [0.15, 0.2) is 53.4 Å². The number of primary sulfonamides is 1. The zero-order valence-corrected chi connectivity index (χ0v) is 13.0. The van der Waals surface area contributed by atoms with Gasteiger partial charge in [-0.1, -0.05) is 18.2 Å². The molecule has 2 aromatic rings. The molecule has 1 heterocycles. The Morgan fingerprint density at radius 2 is 1.87 bits per heavy atom. The summed E-state index contributed by atoms with van der Waals surface area (Å²) in [6.07, 6.45) is 0.654. The van der Waals surface area contributed by atoms with Gasteiger partial charge in [-0.25, -0.2) is 13.6 Å². The van der Waals surface area contributed by atoms with E-state index in [0.29, 0.717) is 12.1 Å². The Balaban J connectivity index is 1.58. The molecule has 120 valence electrons. The lowest BCUT2D eigenvalue weighted by Gasteiger charge is -2.12. The van der Waals surface area contributed by atoms with E-state index < -0.39 is 10.0 Å². The molecule has 6 nitrogen and oxygen atoms in total. The number of nitrogens with one attached hydrogen (secondary N) is 1. The first-order valence-corrected chi connectivity index (χ1v) is 8.64. The molecule has 0 radical (unpaired) electrons. The molecular weight excluding hydrogens is 316 g/mol. The molecule has 1 amide bonds. The lowest BCUT2D eigenvalue weighted by molar-refractivity contribution is 0.0933. The number of sulfonamides is 1. The third-order valence-electron chi connectivity index (χ3n) is 3.65. The van der Waals surface area contributed by atoms with Crippen molar-refractivity contribution in [3.63, 3.8) is 0 Å². The van der Waals surface area contributed by atoms with E-state index in [1.54, 1.807) is 0 Å². The van der Waals surface area contributed by atoms with Gasteiger partial charge in [0.25, 0.3) is 5.91 Å². The van der Waals surface area contributed by atoms with Gasteiger partial charge in [-0.15, -0.1) is 0 Å². The molecule has 23 heavy (non-hydrogen) atoms. The van der Waals surface area contributed by atoms with Crippen molar-refractivity contribution >= 4 is 15.9 Å². The Morgan fingerprint density at radius 3 is 2.52 bits per heavy atom. The van der Waals surface area contributed by atoms with Gasteiger partial charge in [0.1, 0.15) is 11.9 Å². The molecule has 2 aromatic carbocycles. The number of hydrogen-bond donors (Lipinski definition) is 2. The van der Waals surface area contributed by atoms with Crippen molar-refractivity contribution in [3.8, 4) is 5.75 Å². The number of amides is 1. The van der Waals surface area contributed by atoms with Gasteiger partial charge in [0.05, 0.1) is 11.4 Å². The van der Waals surface area contributed by atoms with Crippen molar-refractivity contribution in [3.05, 3.63) is 59.7 Å². The van der Waals surface area contributed by atoms with Crippen molar-refractivity contribution in [2.24, 2.45) is 5.14 Å². The zero-order chi connectivity index (χ0) is 16.4. The smallest absolute Gasteiger partial charge is 0.251 e. The molecule has 1 atom stereocenters. The van der Waals surface area contributed by atoms with Crippen LogP contribution >= 0.6 is 0 Å². The van der Waals surface area contributed by atoms with Crippen molar-refractivity contribution in [1.82, 2.24) is 5.32 Å². The first-order chi connectivity index (χ1) is 10.9. The Bertz CT molecular complexity index is 806. The Hall–Kier alpha value is -2.38. The number of rotatable bonds is 4. The normalized spacial score (nSPS) is 16.5. The summed E-state index contributed by atoms with van der Waals surface area (Å²) in [5, 5.41) is 7.81. The molecular formula is C16H16N2O4S. The van der Waals surface area contributed by atoms with Crippen LogP contribution in [0, 0.1) is 0 Å². The second-order valence-electron chi connectivity index (χ2n) is 5.33. The summed E-state index contributed by atoms with van der Waals surface area (Å²) in [7, 11) is -3.75. The molecule has 1 unspecified atom stereocenters. The van der Waals surface area contributed by atoms with Gasteiger partial charge in [0.2, 0.25) is 10.0 Å². The fourth-order valence-electron chi connectivity index (χ4n) is 2.47. The monoisotopic (exact) mass is 332 g/mol. The minimum atomic E-state index is -3.75. The van der Waals surface area contributed by atoms with E-state index in [1.807, 2.05) is 24.3 Å². The Labute approximate surface area is 134 Å². The van der Waals surface area contributed by atoms with Crippen molar-refractivity contribution in [2.75, 3.05) is 6.54 Å². The zero-order valence-electron chi connectivity index (χ0n) is 12.2. The van der Waals surface area contributed by atoms with E-state index >= 15 is 0 Å². The van der Waals surface area contributed by atoms with Gasteiger partial charge in [-0.05, 0) is 35.9 Å². The van der Waals surface area contributed by atoms with Crippen LogP contribution in [-0.4, -0.2) is 27.0 Å². The van der Waals surface area contributed by atoms with Gasteiger partial charge < -0.3 is 10.1 Å². The second-order valence-corrected chi connectivity index (χ2v) is 6.89. The van der Waals surface area contributed by atoms with E-state index in [2.05, 4.69) is 5.32 Å². The lowest BCUT2D eigenvalue weighted by Crippen LogP contribution is -2.34. The highest BCUT2D eigenvalue weighted by Crippen LogP contribution is 2.27. The molecule has 0 saturated carbocycles. The van der Waals surface area contributed by atoms with Gasteiger partial charge in [0.15, 0.2) is 0 Å². The summed E-state index contributed by atoms with van der Waals surface area (Å²) in [5.41, 5.74) is 1.50. The van der Waals surface area contributed by atoms with Crippen LogP contribution in [0.5, 0.6) is 5.75 Å². The molecule has 3 rings (SSSR count). The van der Waals surface area contributed by atoms with Gasteiger partial charge in [-0.2, -0.15) is 0 Å². The minimum Gasteiger partial charge on any atom is -0.488 e. The number of carbonyl (C=O) groups is 1. The van der Waals surface area contributed by atoms with Crippen LogP contribution < -0.4 is 15.2 Å². The highest BCUT2D eigenvalue weighted by Gasteiger charge is 2.22. The average Bonchev–Trinajstić information content (AvgIpc) is 2.95. The number of nitrogens with two attached hydrogens (primary N) is 1. The minimum absolute atomic E-state index is 0.0244. The summed E-state index contributed by atoms with van der Waals surface area (Å²) in [4.78, 5) is 12.1. The summed E-state index contributed by atoms with van der Waals surface area (Å²) in [5.74, 6) is 0.565. The maximum absolute atomic E-state index is 12.1. The third kappa shape index (κ3) is 3.52. The summed E-state index contributed by atoms with van der Waals surface area (Å²) in [6, 6.07) is 13.3. The molecule has 0 saturated heterocycles. The topological polar surface area (TPSA) is 98.5 Å². The highest BCUT2D eigenvalue weighted by molar-refractivity contribution is 7.89. The fraction of sp³-hybridized carbons (Fsp3) is 0.188. The van der Waals surface area contributed by atoms with E-state index in [1.165, 1.54) is 24.3 Å². The van der Waals surface area contributed by atoms with Crippen LogP contribution in [-0.2, 0) is 16.4 Å². The molecule has 1 aliphatic rings. The van der Waals surface area contributed by atoms with Gasteiger partial charge >= 0.3 is 0 Å². The van der Waals surface area contributed by atoms with Crippen molar-refractivity contribution in [2.45, 2.75) is 17.4 Å². The van der Waals surface area contributed by atoms with E-state index in [9.17, 15) is 13.2 Å². The van der Waals surface area contributed by atoms with E-state index in [4.69, 9.17) is 9.88 Å². The van der Waals surface area contributed by atoms with Gasteiger partial charge in [-0.3, -0.25) is 4.79 Å². The summed E-state index contributed by atoms with van der Waals surface area (Å²) in [6.45, 7) is 0.379. The summed E-state index contributed by atoms with van der Waals surface area (Å²) < 4.78 is 28.1. The average molecular weight is 332 g/mol. The standard InChI is InChI=1S/C16H16N2O4S/c17-23(20,21)14-7-5-11(6-8-14)16(19)18-10-13-9-12-3-1-2-4-15(12)22-13/h1-8,13H,9-10H2,(H,18,19)(H2,17,20,21). The number of para-hydroxylation sites is 1. The predicted octanol–water partition coefficient (Wildman–Crippen LogP) is 1.07. The van der Waals surface area contributed by atoms with Crippen LogP contribution in [0.4, 0.5) is 0 Å². The summed E-state index contributed by atoms with van der Waals surface area (Å²) >= 11 is 0. The number of fused-ring (bicyclic) bond motifs is 1. The molecule has 1 aliphatic heterocycles. The predicted molar refractivity (Wildman–Crippen MR) is 84.7 cm³/mol. The molecule has 0 bridgehead atoms. The molecule has 0 fully saturated rings. The maximum Gasteiger partial charge on any atom is 0.251 e. The lowest BCUT2D eigenvalue weighted by atomic mass is 10.1. The molecule has 3 N–H and O–H groups in total. The number of carbonyl (C=O) groups excluding carboxylic acids is 1. The van der Waals surface area contributed by atoms with Crippen LogP contribution in [0.25, 0.3) is 0 Å². The Kier molecular flexibility index (Phi) is 4.06. The molecule has 0 aromatic heterocycles. The number of benzene rings is 2. The quantitative estimate of drug-likeness (QED) is 0.875.